The third-order valence-corrected chi connectivity index (χ3v) is 5.06. The van der Waals surface area contributed by atoms with E-state index in [-0.39, 0.29) is 5.56 Å². The largest absolute Gasteiger partial charge is 0.493 e. The maximum atomic E-state index is 13.4. The maximum Gasteiger partial charge on any atom is 0.264 e. The highest BCUT2D eigenvalue weighted by molar-refractivity contribution is 5.78. The standard InChI is InChI=1S/C23H24N4O4/c1-5-11-26-21(15-12-18(29-2)20(31-4)19(13-15)30-3)25-22-17(23(26)28)14-24-27(22)16-9-7-6-8-10-16/h6-10,12-14H,5,11H2,1-4H3. The molecule has 2 heterocycles. The summed E-state index contributed by atoms with van der Waals surface area (Å²) in [7, 11) is 4.67. The Morgan fingerprint density at radius 3 is 2.23 bits per heavy atom. The second-order valence-electron chi connectivity index (χ2n) is 6.94. The minimum Gasteiger partial charge on any atom is -0.493 e. The third kappa shape index (κ3) is 3.50. The molecule has 0 unspecified atom stereocenters. The predicted octanol–water partition coefficient (Wildman–Crippen LogP) is 3.69. The van der Waals surface area contributed by atoms with E-state index in [4.69, 9.17) is 19.2 Å². The van der Waals surface area contributed by atoms with Crippen LogP contribution >= 0.6 is 0 Å². The molecular formula is C23H24N4O4. The summed E-state index contributed by atoms with van der Waals surface area (Å²) >= 11 is 0. The summed E-state index contributed by atoms with van der Waals surface area (Å²) < 4.78 is 19.8. The van der Waals surface area contributed by atoms with Gasteiger partial charge in [-0.05, 0) is 30.7 Å². The lowest BCUT2D eigenvalue weighted by molar-refractivity contribution is 0.324. The maximum absolute atomic E-state index is 13.4. The van der Waals surface area contributed by atoms with Crippen molar-refractivity contribution in [1.29, 1.82) is 0 Å². The Morgan fingerprint density at radius 1 is 0.968 bits per heavy atom. The molecule has 0 saturated heterocycles. The van der Waals surface area contributed by atoms with Gasteiger partial charge in [0.25, 0.3) is 5.56 Å². The lowest BCUT2D eigenvalue weighted by Gasteiger charge is -2.16. The number of aromatic nitrogens is 4. The van der Waals surface area contributed by atoms with Gasteiger partial charge in [0, 0.05) is 12.1 Å². The van der Waals surface area contributed by atoms with Gasteiger partial charge in [-0.3, -0.25) is 9.36 Å². The molecule has 31 heavy (non-hydrogen) atoms. The molecule has 0 aliphatic carbocycles. The number of methoxy groups -OCH3 is 3. The number of para-hydroxylation sites is 1. The van der Waals surface area contributed by atoms with E-state index < -0.39 is 0 Å². The van der Waals surface area contributed by atoms with E-state index in [1.807, 2.05) is 37.3 Å². The minimum atomic E-state index is -0.141. The van der Waals surface area contributed by atoms with Crippen molar-refractivity contribution >= 4 is 11.0 Å². The van der Waals surface area contributed by atoms with Gasteiger partial charge in [0.1, 0.15) is 11.2 Å². The third-order valence-electron chi connectivity index (χ3n) is 5.06. The van der Waals surface area contributed by atoms with Crippen molar-refractivity contribution in [1.82, 2.24) is 19.3 Å². The Kier molecular flexibility index (Phi) is 5.62. The van der Waals surface area contributed by atoms with Crippen LogP contribution < -0.4 is 19.8 Å². The Morgan fingerprint density at radius 2 is 1.65 bits per heavy atom. The first-order valence-corrected chi connectivity index (χ1v) is 9.97. The van der Waals surface area contributed by atoms with E-state index >= 15 is 0 Å². The number of benzene rings is 2. The molecule has 0 aliphatic heterocycles. The lowest BCUT2D eigenvalue weighted by Crippen LogP contribution is -2.23. The van der Waals surface area contributed by atoms with Gasteiger partial charge in [-0.15, -0.1) is 0 Å². The number of fused-ring (bicyclic) bond motifs is 1. The van der Waals surface area contributed by atoms with Gasteiger partial charge in [-0.25, -0.2) is 9.67 Å². The van der Waals surface area contributed by atoms with Gasteiger partial charge in [-0.1, -0.05) is 25.1 Å². The molecule has 8 nitrogen and oxygen atoms in total. The summed E-state index contributed by atoms with van der Waals surface area (Å²) in [5.74, 6) is 1.97. The van der Waals surface area contributed by atoms with E-state index in [9.17, 15) is 4.79 Å². The van der Waals surface area contributed by atoms with E-state index in [1.165, 1.54) is 0 Å². The summed E-state index contributed by atoms with van der Waals surface area (Å²) in [6.45, 7) is 2.54. The van der Waals surface area contributed by atoms with Crippen LogP contribution in [0.1, 0.15) is 13.3 Å². The molecular weight excluding hydrogens is 396 g/mol. The second kappa shape index (κ2) is 8.51. The quantitative estimate of drug-likeness (QED) is 0.454. The van der Waals surface area contributed by atoms with E-state index in [2.05, 4.69) is 5.10 Å². The van der Waals surface area contributed by atoms with Crippen LogP contribution in [0.15, 0.2) is 53.5 Å². The van der Waals surface area contributed by atoms with Crippen LogP contribution in [0.4, 0.5) is 0 Å². The highest BCUT2D eigenvalue weighted by Gasteiger charge is 2.20. The first-order valence-electron chi connectivity index (χ1n) is 9.97. The Balaban J connectivity index is 2.03. The molecule has 2 aromatic heterocycles. The van der Waals surface area contributed by atoms with Crippen molar-refractivity contribution in [2.45, 2.75) is 19.9 Å². The molecule has 0 saturated carbocycles. The van der Waals surface area contributed by atoms with Crippen molar-refractivity contribution < 1.29 is 14.2 Å². The first kappa shape index (κ1) is 20.5. The van der Waals surface area contributed by atoms with Crippen LogP contribution in [0, 0.1) is 0 Å². The van der Waals surface area contributed by atoms with Crippen LogP contribution in [-0.2, 0) is 6.54 Å². The molecule has 0 aliphatic rings. The number of hydrogen-bond donors (Lipinski definition) is 0. The Labute approximate surface area is 179 Å². The molecule has 0 bridgehead atoms. The highest BCUT2D eigenvalue weighted by Crippen LogP contribution is 2.40. The average Bonchev–Trinajstić information content (AvgIpc) is 3.24. The van der Waals surface area contributed by atoms with Crippen LogP contribution in [-0.4, -0.2) is 40.7 Å². The minimum absolute atomic E-state index is 0.141. The average molecular weight is 420 g/mol. The molecule has 0 amide bonds. The van der Waals surface area contributed by atoms with Crippen LogP contribution in [0.3, 0.4) is 0 Å². The molecule has 160 valence electrons. The van der Waals surface area contributed by atoms with Gasteiger partial charge in [0.05, 0.1) is 33.2 Å². The molecule has 4 aromatic rings. The van der Waals surface area contributed by atoms with Crippen molar-refractivity contribution in [2.24, 2.45) is 0 Å². The van der Waals surface area contributed by atoms with Crippen molar-refractivity contribution in [3.8, 4) is 34.3 Å². The summed E-state index contributed by atoms with van der Waals surface area (Å²) in [5, 5.41) is 4.89. The fraction of sp³-hybridized carbons (Fsp3) is 0.261. The summed E-state index contributed by atoms with van der Waals surface area (Å²) in [6, 6.07) is 13.2. The first-order chi connectivity index (χ1) is 15.1. The zero-order valence-electron chi connectivity index (χ0n) is 18.0. The number of nitrogens with zero attached hydrogens (tertiary/aromatic N) is 4. The fourth-order valence-electron chi connectivity index (χ4n) is 3.62. The molecule has 0 N–H and O–H groups in total. The van der Waals surface area contributed by atoms with Crippen LogP contribution in [0.2, 0.25) is 0 Å². The van der Waals surface area contributed by atoms with Crippen LogP contribution in [0.25, 0.3) is 28.1 Å². The zero-order chi connectivity index (χ0) is 22.0. The van der Waals surface area contributed by atoms with E-state index in [0.717, 1.165) is 12.1 Å². The number of ether oxygens (including phenoxy) is 3. The second-order valence-corrected chi connectivity index (χ2v) is 6.94. The molecule has 0 radical (unpaired) electrons. The molecule has 0 fully saturated rings. The molecule has 4 rings (SSSR count). The van der Waals surface area contributed by atoms with Crippen molar-refractivity contribution in [2.75, 3.05) is 21.3 Å². The summed E-state index contributed by atoms with van der Waals surface area (Å²) in [5.41, 5.74) is 1.86. The van der Waals surface area contributed by atoms with E-state index in [0.29, 0.717) is 46.2 Å². The Hall–Kier alpha value is -3.81. The van der Waals surface area contributed by atoms with Crippen LogP contribution in [0.5, 0.6) is 17.2 Å². The SMILES string of the molecule is CCCn1c(-c2cc(OC)c(OC)c(OC)c2)nc2c(cnn2-c2ccccc2)c1=O. The van der Waals surface area contributed by atoms with Gasteiger partial charge in [-0.2, -0.15) is 5.10 Å². The lowest BCUT2D eigenvalue weighted by atomic mass is 10.1. The van der Waals surface area contributed by atoms with Crippen molar-refractivity contribution in [3.05, 3.63) is 59.0 Å². The smallest absolute Gasteiger partial charge is 0.264 e. The molecule has 0 atom stereocenters. The predicted molar refractivity (Wildman–Crippen MR) is 119 cm³/mol. The highest BCUT2D eigenvalue weighted by atomic mass is 16.5. The summed E-state index contributed by atoms with van der Waals surface area (Å²) in [4.78, 5) is 18.3. The number of hydrogen-bond acceptors (Lipinski definition) is 6. The monoisotopic (exact) mass is 420 g/mol. The zero-order valence-corrected chi connectivity index (χ0v) is 18.0. The van der Waals surface area contributed by atoms with E-state index in [1.54, 1.807) is 48.9 Å². The molecule has 2 aromatic carbocycles. The van der Waals surface area contributed by atoms with Gasteiger partial charge >= 0.3 is 0 Å². The fourth-order valence-corrected chi connectivity index (χ4v) is 3.62. The van der Waals surface area contributed by atoms with Gasteiger partial charge in [0.2, 0.25) is 5.75 Å². The molecule has 8 heteroatoms. The summed E-state index contributed by atoms with van der Waals surface area (Å²) in [6.07, 6.45) is 2.35. The number of rotatable bonds is 7. The normalized spacial score (nSPS) is 11.0. The molecule has 0 spiro atoms. The van der Waals surface area contributed by atoms with Gasteiger partial charge in [0.15, 0.2) is 17.1 Å². The van der Waals surface area contributed by atoms with Crippen molar-refractivity contribution in [3.63, 3.8) is 0 Å². The van der Waals surface area contributed by atoms with Gasteiger partial charge < -0.3 is 14.2 Å². The topological polar surface area (TPSA) is 80.4 Å². The Bertz CT molecular complexity index is 1250.